The third kappa shape index (κ3) is 2.40. The summed E-state index contributed by atoms with van der Waals surface area (Å²) in [6.45, 7) is 7.91. The van der Waals surface area contributed by atoms with Crippen molar-refractivity contribution in [2.24, 2.45) is 0 Å². The minimum absolute atomic E-state index is 1.10. The molecule has 2 heterocycles. The molecule has 1 aliphatic rings. The zero-order chi connectivity index (χ0) is 10.7. The Labute approximate surface area is 91.9 Å². The molecule has 1 aromatic rings. The van der Waals surface area contributed by atoms with E-state index in [-0.39, 0.29) is 0 Å². The predicted molar refractivity (Wildman–Crippen MR) is 61.8 cm³/mol. The highest BCUT2D eigenvalue weighted by molar-refractivity contribution is 5.26. The fraction of sp³-hybridized carbons (Fsp3) is 0.750. The lowest BCUT2D eigenvalue weighted by Crippen LogP contribution is -2.31. The second-order valence-electron chi connectivity index (χ2n) is 4.51. The van der Waals surface area contributed by atoms with Crippen molar-refractivity contribution in [1.82, 2.24) is 15.1 Å². The van der Waals surface area contributed by atoms with Gasteiger partial charge in [-0.15, -0.1) is 0 Å². The maximum absolute atomic E-state index is 4.34. The van der Waals surface area contributed by atoms with Crippen LogP contribution in [0.5, 0.6) is 0 Å². The van der Waals surface area contributed by atoms with Crippen LogP contribution in [-0.2, 0) is 13.0 Å². The van der Waals surface area contributed by atoms with Gasteiger partial charge in [-0.3, -0.25) is 10.00 Å². The molecule has 84 valence electrons. The van der Waals surface area contributed by atoms with Gasteiger partial charge in [0.15, 0.2) is 0 Å². The summed E-state index contributed by atoms with van der Waals surface area (Å²) in [6, 6.07) is 0. The van der Waals surface area contributed by atoms with Crippen molar-refractivity contribution in [1.29, 1.82) is 0 Å². The highest BCUT2D eigenvalue weighted by Gasteiger charge is 2.19. The van der Waals surface area contributed by atoms with Crippen molar-refractivity contribution in [2.45, 2.75) is 46.1 Å². The van der Waals surface area contributed by atoms with Crippen molar-refractivity contribution in [3.63, 3.8) is 0 Å². The van der Waals surface area contributed by atoms with Gasteiger partial charge in [0.25, 0.3) is 0 Å². The lowest BCUT2D eigenvalue weighted by molar-refractivity contribution is 0.247. The Hall–Kier alpha value is -0.830. The molecule has 0 saturated heterocycles. The van der Waals surface area contributed by atoms with Crippen LogP contribution in [0, 0.1) is 6.92 Å². The lowest BCUT2D eigenvalue weighted by atomic mass is 10.1. The van der Waals surface area contributed by atoms with Crippen molar-refractivity contribution in [3.05, 3.63) is 17.0 Å². The second-order valence-corrected chi connectivity index (χ2v) is 4.51. The van der Waals surface area contributed by atoms with Crippen molar-refractivity contribution in [2.75, 3.05) is 13.1 Å². The molecule has 0 unspecified atom stereocenters. The highest BCUT2D eigenvalue weighted by atomic mass is 15.2. The third-order valence-electron chi connectivity index (χ3n) is 3.28. The summed E-state index contributed by atoms with van der Waals surface area (Å²) >= 11 is 0. The lowest BCUT2D eigenvalue weighted by Gasteiger charge is -2.26. The van der Waals surface area contributed by atoms with Crippen LogP contribution in [0.3, 0.4) is 0 Å². The van der Waals surface area contributed by atoms with Crippen molar-refractivity contribution >= 4 is 0 Å². The molecule has 0 spiro atoms. The maximum Gasteiger partial charge on any atom is 0.0682 e. The Kier molecular flexibility index (Phi) is 3.41. The second kappa shape index (κ2) is 4.79. The van der Waals surface area contributed by atoms with Crippen LogP contribution < -0.4 is 0 Å². The summed E-state index contributed by atoms with van der Waals surface area (Å²) in [6.07, 6.45) is 5.12. The van der Waals surface area contributed by atoms with Gasteiger partial charge in [-0.2, -0.15) is 5.10 Å². The Balaban J connectivity index is 1.90. The van der Waals surface area contributed by atoms with Gasteiger partial charge in [-0.25, -0.2) is 0 Å². The quantitative estimate of drug-likeness (QED) is 0.768. The van der Waals surface area contributed by atoms with Crippen LogP contribution in [0.2, 0.25) is 0 Å². The van der Waals surface area contributed by atoms with Crippen LogP contribution in [0.4, 0.5) is 0 Å². The number of nitrogens with zero attached hydrogens (tertiary/aromatic N) is 2. The van der Waals surface area contributed by atoms with Gasteiger partial charge in [0.2, 0.25) is 0 Å². The van der Waals surface area contributed by atoms with E-state index in [4.69, 9.17) is 0 Å². The molecule has 0 fully saturated rings. The molecule has 1 N–H and O–H groups in total. The number of rotatable bonds is 4. The molecular formula is C12H21N3. The summed E-state index contributed by atoms with van der Waals surface area (Å²) < 4.78 is 0. The minimum Gasteiger partial charge on any atom is -0.299 e. The summed E-state index contributed by atoms with van der Waals surface area (Å²) in [5.74, 6) is 0. The molecule has 0 radical (unpaired) electrons. The fourth-order valence-corrected chi connectivity index (χ4v) is 2.26. The summed E-state index contributed by atoms with van der Waals surface area (Å²) in [5.41, 5.74) is 3.99. The van der Waals surface area contributed by atoms with E-state index in [1.54, 1.807) is 0 Å². The SMILES string of the molecule is CCCCCN1CCc2n[nH]c(C)c2C1. The number of hydrogen-bond donors (Lipinski definition) is 1. The van der Waals surface area contributed by atoms with E-state index in [0.717, 1.165) is 13.0 Å². The Morgan fingerprint density at radius 1 is 1.40 bits per heavy atom. The number of H-pyrrole nitrogens is 1. The number of nitrogens with one attached hydrogen (secondary N) is 1. The van der Waals surface area contributed by atoms with Crippen LogP contribution in [0.25, 0.3) is 0 Å². The zero-order valence-corrected chi connectivity index (χ0v) is 9.84. The normalized spacial score (nSPS) is 16.7. The molecule has 0 aromatic carbocycles. The number of aromatic nitrogens is 2. The van der Waals surface area contributed by atoms with Crippen molar-refractivity contribution in [3.8, 4) is 0 Å². The van der Waals surface area contributed by atoms with Gasteiger partial charge in [0, 0.05) is 30.8 Å². The van der Waals surface area contributed by atoms with Crippen molar-refractivity contribution < 1.29 is 0 Å². The first-order valence-electron chi connectivity index (χ1n) is 6.06. The standard InChI is InChI=1S/C12H21N3/c1-3-4-5-7-15-8-6-12-11(9-15)10(2)13-14-12/h3-9H2,1-2H3,(H,13,14). The van der Waals surface area contributed by atoms with Gasteiger partial charge in [-0.05, 0) is 19.9 Å². The molecule has 0 amide bonds. The Bertz CT molecular complexity index is 317. The first-order valence-corrected chi connectivity index (χ1v) is 6.06. The number of aryl methyl sites for hydroxylation is 1. The summed E-state index contributed by atoms with van der Waals surface area (Å²) in [4.78, 5) is 2.56. The van der Waals surface area contributed by atoms with Gasteiger partial charge < -0.3 is 0 Å². The average molecular weight is 207 g/mol. The molecule has 2 rings (SSSR count). The maximum atomic E-state index is 4.34. The summed E-state index contributed by atoms with van der Waals surface area (Å²) in [5, 5.41) is 7.43. The zero-order valence-electron chi connectivity index (χ0n) is 9.84. The van der Waals surface area contributed by atoms with E-state index in [2.05, 4.69) is 28.9 Å². The van der Waals surface area contributed by atoms with E-state index in [1.165, 1.54) is 49.3 Å². The molecule has 1 aromatic heterocycles. The molecule has 3 heteroatoms. The van der Waals surface area contributed by atoms with E-state index in [0.29, 0.717) is 0 Å². The molecule has 0 bridgehead atoms. The first kappa shape index (κ1) is 10.7. The van der Waals surface area contributed by atoms with E-state index < -0.39 is 0 Å². The summed E-state index contributed by atoms with van der Waals surface area (Å²) in [7, 11) is 0. The molecule has 15 heavy (non-hydrogen) atoms. The van der Waals surface area contributed by atoms with Gasteiger partial charge in [0.05, 0.1) is 5.69 Å². The van der Waals surface area contributed by atoms with Crippen LogP contribution in [0.1, 0.15) is 43.1 Å². The van der Waals surface area contributed by atoms with Gasteiger partial charge in [-0.1, -0.05) is 19.8 Å². The van der Waals surface area contributed by atoms with E-state index >= 15 is 0 Å². The highest BCUT2D eigenvalue weighted by Crippen LogP contribution is 2.19. The third-order valence-corrected chi connectivity index (χ3v) is 3.28. The molecule has 0 atom stereocenters. The van der Waals surface area contributed by atoms with Gasteiger partial charge >= 0.3 is 0 Å². The molecule has 0 saturated carbocycles. The van der Waals surface area contributed by atoms with Crippen LogP contribution in [0.15, 0.2) is 0 Å². The molecular weight excluding hydrogens is 186 g/mol. The topological polar surface area (TPSA) is 31.9 Å². The molecule has 1 aliphatic heterocycles. The number of hydrogen-bond acceptors (Lipinski definition) is 2. The van der Waals surface area contributed by atoms with E-state index in [1.807, 2.05) is 0 Å². The fourth-order valence-electron chi connectivity index (χ4n) is 2.26. The monoisotopic (exact) mass is 207 g/mol. The average Bonchev–Trinajstić information content (AvgIpc) is 2.61. The predicted octanol–water partition coefficient (Wildman–Crippen LogP) is 2.27. The smallest absolute Gasteiger partial charge is 0.0682 e. The van der Waals surface area contributed by atoms with E-state index in [9.17, 15) is 0 Å². The van der Waals surface area contributed by atoms with Crippen LogP contribution in [-0.4, -0.2) is 28.2 Å². The first-order chi connectivity index (χ1) is 7.31. The number of aromatic amines is 1. The largest absolute Gasteiger partial charge is 0.299 e. The Morgan fingerprint density at radius 3 is 3.07 bits per heavy atom. The molecule has 0 aliphatic carbocycles. The number of unbranched alkanes of at least 4 members (excludes halogenated alkanes) is 2. The molecule has 3 nitrogen and oxygen atoms in total. The Morgan fingerprint density at radius 2 is 2.27 bits per heavy atom. The number of fused-ring (bicyclic) bond motifs is 1. The minimum atomic E-state index is 1.10. The van der Waals surface area contributed by atoms with Crippen LogP contribution >= 0.6 is 0 Å². The van der Waals surface area contributed by atoms with Gasteiger partial charge in [0.1, 0.15) is 0 Å².